The monoisotopic (exact) mass is 515 g/mol. The molecule has 1 aromatic heterocycles. The first-order valence-electron chi connectivity index (χ1n) is 9.36. The van der Waals surface area contributed by atoms with Crippen molar-refractivity contribution in [2.75, 3.05) is 5.32 Å². The topological polar surface area (TPSA) is 71.1 Å². The van der Waals surface area contributed by atoms with Gasteiger partial charge >= 0.3 is 0 Å². The van der Waals surface area contributed by atoms with Gasteiger partial charge in [0.15, 0.2) is 5.78 Å². The van der Waals surface area contributed by atoms with E-state index in [1.165, 1.54) is 0 Å². The molecule has 1 aliphatic carbocycles. The molecule has 0 saturated heterocycles. The molecule has 2 aliphatic rings. The fourth-order valence-corrected chi connectivity index (χ4v) is 4.41. The van der Waals surface area contributed by atoms with Gasteiger partial charge in [0.25, 0.3) is 5.91 Å². The Hall–Kier alpha value is -2.25. The highest BCUT2D eigenvalue weighted by Crippen LogP contribution is 2.42. The molecular weight excluding hydrogens is 498 g/mol. The van der Waals surface area contributed by atoms with Crippen molar-refractivity contribution in [2.45, 2.75) is 32.1 Å². The number of hydrogen-bond acceptors (Lipinski definition) is 4. The van der Waals surface area contributed by atoms with Gasteiger partial charge in [0, 0.05) is 50.0 Å². The third kappa shape index (κ3) is 4.07. The van der Waals surface area contributed by atoms with Gasteiger partial charge in [-0.25, -0.2) is 4.98 Å². The molecule has 0 fully saturated rings. The fraction of sp³-hybridized carbons (Fsp3) is 0.227. The van der Waals surface area contributed by atoms with E-state index in [0.29, 0.717) is 23.4 Å². The lowest BCUT2D eigenvalue weighted by Crippen LogP contribution is -2.35. The van der Waals surface area contributed by atoms with Gasteiger partial charge in [-0.1, -0.05) is 28.1 Å². The molecule has 1 aliphatic heterocycles. The third-order valence-corrected chi connectivity index (χ3v) is 6.19. The molecule has 29 heavy (non-hydrogen) atoms. The largest absolute Gasteiger partial charge is 0.362 e. The van der Waals surface area contributed by atoms with Crippen LogP contribution < -0.4 is 10.6 Å². The fourth-order valence-electron chi connectivity index (χ4n) is 3.91. The van der Waals surface area contributed by atoms with Crippen molar-refractivity contribution in [3.63, 3.8) is 0 Å². The lowest BCUT2D eigenvalue weighted by Gasteiger charge is -2.34. The summed E-state index contributed by atoms with van der Waals surface area (Å²) in [5.41, 5.74) is 3.88. The number of ketones is 1. The number of hydrogen-bond donors (Lipinski definition) is 2. The zero-order valence-corrected chi connectivity index (χ0v) is 18.9. The highest BCUT2D eigenvalue weighted by atomic mass is 79.9. The normalized spacial score (nSPS) is 19.0. The molecule has 1 amide bonds. The van der Waals surface area contributed by atoms with Crippen molar-refractivity contribution in [1.29, 1.82) is 0 Å². The number of rotatable bonds is 3. The quantitative estimate of drug-likeness (QED) is 0.587. The number of carbonyl (C=O) groups is 2. The van der Waals surface area contributed by atoms with Crippen LogP contribution in [-0.2, 0) is 9.59 Å². The minimum atomic E-state index is -0.400. The lowest BCUT2D eigenvalue weighted by atomic mass is 9.75. The van der Waals surface area contributed by atoms with Crippen LogP contribution in [0.4, 0.5) is 5.82 Å². The number of allylic oxidation sites excluding steroid dienone is 3. The van der Waals surface area contributed by atoms with Crippen LogP contribution in [0.25, 0.3) is 0 Å². The number of dihydropyridines is 1. The van der Waals surface area contributed by atoms with Crippen molar-refractivity contribution in [2.24, 2.45) is 0 Å². The predicted octanol–water partition coefficient (Wildman–Crippen LogP) is 5.21. The number of nitrogens with zero attached hydrogens (tertiary/aromatic N) is 1. The Morgan fingerprint density at radius 2 is 1.83 bits per heavy atom. The average molecular weight is 517 g/mol. The van der Waals surface area contributed by atoms with E-state index in [-0.39, 0.29) is 11.7 Å². The van der Waals surface area contributed by atoms with Gasteiger partial charge in [-0.2, -0.15) is 0 Å². The van der Waals surface area contributed by atoms with Crippen molar-refractivity contribution in [3.05, 3.63) is 79.6 Å². The Bertz CT molecular complexity index is 1040. The number of amides is 1. The molecule has 0 saturated carbocycles. The highest BCUT2D eigenvalue weighted by molar-refractivity contribution is 9.10. The van der Waals surface area contributed by atoms with E-state index in [9.17, 15) is 9.59 Å². The third-order valence-electron chi connectivity index (χ3n) is 5.19. The van der Waals surface area contributed by atoms with Crippen LogP contribution in [0.3, 0.4) is 0 Å². The molecule has 1 atom stereocenters. The number of aromatic nitrogens is 1. The molecule has 7 heteroatoms. The number of benzene rings is 1. The molecule has 0 spiro atoms. The molecule has 0 radical (unpaired) electrons. The van der Waals surface area contributed by atoms with Gasteiger partial charge in [0.05, 0.1) is 0 Å². The summed E-state index contributed by atoms with van der Waals surface area (Å²) >= 11 is 6.81. The van der Waals surface area contributed by atoms with Gasteiger partial charge in [0.1, 0.15) is 5.82 Å². The van der Waals surface area contributed by atoms with Crippen LogP contribution >= 0.6 is 31.9 Å². The molecule has 2 heterocycles. The Balaban J connectivity index is 1.77. The smallest absolute Gasteiger partial charge is 0.255 e. The van der Waals surface area contributed by atoms with Crippen molar-refractivity contribution >= 4 is 49.4 Å². The summed E-state index contributed by atoms with van der Waals surface area (Å²) in [5, 5.41) is 6.20. The first kappa shape index (κ1) is 20.0. The van der Waals surface area contributed by atoms with E-state index < -0.39 is 5.92 Å². The average Bonchev–Trinajstić information content (AvgIpc) is 2.69. The van der Waals surface area contributed by atoms with E-state index in [2.05, 4.69) is 47.5 Å². The van der Waals surface area contributed by atoms with E-state index in [0.717, 1.165) is 38.7 Å². The minimum absolute atomic E-state index is 0.103. The Labute approximate surface area is 185 Å². The second-order valence-corrected chi connectivity index (χ2v) is 8.96. The van der Waals surface area contributed by atoms with Crippen molar-refractivity contribution in [3.8, 4) is 0 Å². The summed E-state index contributed by atoms with van der Waals surface area (Å²) in [6.07, 6.45) is 3.78. The summed E-state index contributed by atoms with van der Waals surface area (Å²) in [6.45, 7) is 1.89. The van der Waals surface area contributed by atoms with E-state index in [1.807, 2.05) is 37.3 Å². The zero-order valence-electron chi connectivity index (χ0n) is 15.8. The molecule has 5 nitrogen and oxygen atoms in total. The Morgan fingerprint density at radius 1 is 1.10 bits per heavy atom. The summed E-state index contributed by atoms with van der Waals surface area (Å²) < 4.78 is 1.78. The van der Waals surface area contributed by atoms with Crippen LogP contribution in [-0.4, -0.2) is 16.7 Å². The number of halogens is 2. The van der Waals surface area contributed by atoms with Gasteiger partial charge in [-0.15, -0.1) is 0 Å². The van der Waals surface area contributed by atoms with E-state index >= 15 is 0 Å². The Kier molecular flexibility index (Phi) is 5.69. The van der Waals surface area contributed by atoms with Crippen molar-refractivity contribution in [1.82, 2.24) is 10.3 Å². The highest BCUT2D eigenvalue weighted by Gasteiger charge is 2.38. The molecule has 0 bridgehead atoms. The maximum absolute atomic E-state index is 13.3. The zero-order chi connectivity index (χ0) is 20.5. The van der Waals surface area contributed by atoms with Crippen LogP contribution in [0, 0.1) is 0 Å². The molecule has 4 rings (SSSR count). The Morgan fingerprint density at radius 3 is 2.52 bits per heavy atom. The van der Waals surface area contributed by atoms with Gasteiger partial charge < -0.3 is 10.6 Å². The van der Waals surface area contributed by atoms with Gasteiger partial charge in [-0.3, -0.25) is 9.59 Å². The van der Waals surface area contributed by atoms with Crippen LogP contribution in [0.15, 0.2) is 74.1 Å². The van der Waals surface area contributed by atoms with Crippen LogP contribution in [0.1, 0.15) is 37.7 Å². The number of Topliss-reactive ketones (excluding diaryl/α,β-unsaturated/α-hetero) is 1. The minimum Gasteiger partial charge on any atom is -0.362 e. The maximum atomic E-state index is 13.3. The second-order valence-electron chi connectivity index (χ2n) is 7.13. The second kappa shape index (κ2) is 8.24. The van der Waals surface area contributed by atoms with Gasteiger partial charge in [0.2, 0.25) is 0 Å². The summed E-state index contributed by atoms with van der Waals surface area (Å²) in [6, 6.07) is 11.4. The van der Waals surface area contributed by atoms with Crippen LogP contribution in [0.5, 0.6) is 0 Å². The summed E-state index contributed by atoms with van der Waals surface area (Å²) in [7, 11) is 0. The predicted molar refractivity (Wildman–Crippen MR) is 119 cm³/mol. The first-order valence-corrected chi connectivity index (χ1v) is 10.9. The molecule has 1 aromatic carbocycles. The SMILES string of the molecule is CC1=C(C(=O)Nc2ccc(Br)cn2)C(c2ccc(Br)cc2)C2=C(CCCC2=O)N1. The van der Waals surface area contributed by atoms with Gasteiger partial charge in [-0.05, 0) is 65.5 Å². The molecule has 1 unspecified atom stereocenters. The molecule has 148 valence electrons. The lowest BCUT2D eigenvalue weighted by molar-refractivity contribution is -0.116. The molecule has 2 aromatic rings. The summed E-state index contributed by atoms with van der Waals surface area (Å²) in [5.74, 6) is -0.0979. The van der Waals surface area contributed by atoms with Crippen molar-refractivity contribution < 1.29 is 9.59 Å². The standard InChI is InChI=1S/C22H19Br2N3O2/c1-12-19(22(29)27-18-10-9-15(24)11-25-18)20(13-5-7-14(23)8-6-13)21-16(26-12)3-2-4-17(21)28/h5-11,20,26H,2-4H2,1H3,(H,25,27,29). The maximum Gasteiger partial charge on any atom is 0.255 e. The molecule has 2 N–H and O–H groups in total. The molecular formula is C22H19Br2N3O2. The number of carbonyl (C=O) groups excluding carboxylic acids is 2. The first-order chi connectivity index (χ1) is 13.9. The van der Waals surface area contributed by atoms with Crippen LogP contribution in [0.2, 0.25) is 0 Å². The summed E-state index contributed by atoms with van der Waals surface area (Å²) in [4.78, 5) is 30.4. The van der Waals surface area contributed by atoms with E-state index in [4.69, 9.17) is 0 Å². The number of nitrogens with one attached hydrogen (secondary N) is 2. The number of anilines is 1. The number of pyridine rings is 1. The van der Waals surface area contributed by atoms with E-state index in [1.54, 1.807) is 12.3 Å².